The number of aryl methyl sites for hydroxylation is 2. The average molecular weight is 390 g/mol. The second-order valence-electron chi connectivity index (χ2n) is 6.37. The van der Waals surface area contributed by atoms with Gasteiger partial charge in [-0.1, -0.05) is 6.07 Å². The molecule has 2 N–H and O–H groups in total. The highest BCUT2D eigenvalue weighted by Crippen LogP contribution is 2.29. The second-order valence-corrected chi connectivity index (χ2v) is 8.18. The van der Waals surface area contributed by atoms with Gasteiger partial charge in [0.1, 0.15) is 6.04 Å². The standard InChI is InChI=1S/C19H22N2O5S/c1-12-9-13(2)11-17(10-12)21(14(3)19(23)24)27(25,26)18-7-5-16(6-8-18)20-15(4)22/h5-11,14H,1-4H3,(H,20,22)(H,23,24). The van der Waals surface area contributed by atoms with Crippen molar-refractivity contribution in [1.82, 2.24) is 0 Å². The maximum absolute atomic E-state index is 13.2. The van der Waals surface area contributed by atoms with Crippen LogP contribution in [0.25, 0.3) is 0 Å². The number of anilines is 2. The Balaban J connectivity index is 2.56. The molecule has 0 fully saturated rings. The number of carboxylic acids is 1. The van der Waals surface area contributed by atoms with E-state index in [4.69, 9.17) is 0 Å². The van der Waals surface area contributed by atoms with E-state index in [-0.39, 0.29) is 16.5 Å². The van der Waals surface area contributed by atoms with Gasteiger partial charge in [0, 0.05) is 12.6 Å². The Morgan fingerprint density at radius 1 is 1.04 bits per heavy atom. The smallest absolute Gasteiger partial charge is 0.327 e. The lowest BCUT2D eigenvalue weighted by molar-refractivity contribution is -0.137. The molecule has 2 aromatic rings. The fourth-order valence-corrected chi connectivity index (χ4v) is 4.37. The molecule has 2 rings (SSSR count). The summed E-state index contributed by atoms with van der Waals surface area (Å²) in [6.45, 7) is 6.30. The molecule has 0 aliphatic carbocycles. The van der Waals surface area contributed by atoms with Crippen molar-refractivity contribution in [1.29, 1.82) is 0 Å². The molecule has 2 aromatic carbocycles. The van der Waals surface area contributed by atoms with Crippen LogP contribution in [-0.2, 0) is 19.6 Å². The number of nitrogens with one attached hydrogen (secondary N) is 1. The summed E-state index contributed by atoms with van der Waals surface area (Å²) in [6.07, 6.45) is 0. The number of carbonyl (C=O) groups is 2. The Morgan fingerprint density at radius 3 is 2.00 bits per heavy atom. The minimum atomic E-state index is -4.14. The lowest BCUT2D eigenvalue weighted by Gasteiger charge is -2.28. The molecular formula is C19H22N2O5S. The summed E-state index contributed by atoms with van der Waals surface area (Å²) in [5, 5.41) is 12.0. The molecule has 8 heteroatoms. The first kappa shape index (κ1) is 20.4. The number of hydrogen-bond acceptors (Lipinski definition) is 4. The van der Waals surface area contributed by atoms with Crippen molar-refractivity contribution < 1.29 is 23.1 Å². The van der Waals surface area contributed by atoms with Gasteiger partial charge < -0.3 is 10.4 Å². The predicted molar refractivity (Wildman–Crippen MR) is 103 cm³/mol. The number of aliphatic carboxylic acids is 1. The fourth-order valence-electron chi connectivity index (χ4n) is 2.78. The Bertz CT molecular complexity index is 948. The van der Waals surface area contributed by atoms with Crippen molar-refractivity contribution in [2.24, 2.45) is 0 Å². The van der Waals surface area contributed by atoms with E-state index in [2.05, 4.69) is 5.32 Å². The van der Waals surface area contributed by atoms with Gasteiger partial charge in [-0.2, -0.15) is 0 Å². The maximum atomic E-state index is 13.2. The highest BCUT2D eigenvalue weighted by atomic mass is 32.2. The zero-order chi connectivity index (χ0) is 20.4. The molecule has 1 unspecified atom stereocenters. The molecule has 0 aromatic heterocycles. The fraction of sp³-hybridized carbons (Fsp3) is 0.263. The number of carbonyl (C=O) groups excluding carboxylic acids is 1. The van der Waals surface area contributed by atoms with E-state index in [0.717, 1.165) is 15.4 Å². The minimum Gasteiger partial charge on any atom is -0.480 e. The molecule has 7 nitrogen and oxygen atoms in total. The molecule has 1 amide bonds. The van der Waals surface area contributed by atoms with Crippen molar-refractivity contribution in [2.45, 2.75) is 38.6 Å². The molecule has 0 aliphatic heterocycles. The van der Waals surface area contributed by atoms with Gasteiger partial charge in [-0.05, 0) is 68.3 Å². The minimum absolute atomic E-state index is 0.0659. The summed E-state index contributed by atoms with van der Waals surface area (Å²) >= 11 is 0. The molecule has 0 aliphatic rings. The summed E-state index contributed by atoms with van der Waals surface area (Å²) < 4.78 is 27.3. The molecular weight excluding hydrogens is 368 g/mol. The van der Waals surface area contributed by atoms with Gasteiger partial charge in [0.05, 0.1) is 10.6 Å². The number of amides is 1. The van der Waals surface area contributed by atoms with Crippen molar-refractivity contribution in [3.63, 3.8) is 0 Å². The Morgan fingerprint density at radius 2 is 1.56 bits per heavy atom. The molecule has 27 heavy (non-hydrogen) atoms. The van der Waals surface area contributed by atoms with Crippen molar-refractivity contribution in [3.05, 3.63) is 53.6 Å². The molecule has 0 radical (unpaired) electrons. The van der Waals surface area contributed by atoms with Crippen molar-refractivity contribution in [2.75, 3.05) is 9.62 Å². The van der Waals surface area contributed by atoms with Crippen LogP contribution in [0.1, 0.15) is 25.0 Å². The van der Waals surface area contributed by atoms with Crippen LogP contribution >= 0.6 is 0 Å². The Kier molecular flexibility index (Phi) is 5.90. The number of carboxylic acid groups (broad SMARTS) is 1. The molecule has 1 atom stereocenters. The lowest BCUT2D eigenvalue weighted by atomic mass is 10.1. The third-order valence-electron chi connectivity index (χ3n) is 3.90. The third-order valence-corrected chi connectivity index (χ3v) is 5.81. The molecule has 0 spiro atoms. The molecule has 0 saturated heterocycles. The normalized spacial score (nSPS) is 12.3. The van der Waals surface area contributed by atoms with Crippen LogP contribution in [-0.4, -0.2) is 31.4 Å². The lowest BCUT2D eigenvalue weighted by Crippen LogP contribution is -2.43. The Labute approximate surface area is 158 Å². The van der Waals surface area contributed by atoms with E-state index in [9.17, 15) is 23.1 Å². The van der Waals surface area contributed by atoms with E-state index in [1.807, 2.05) is 19.9 Å². The van der Waals surface area contributed by atoms with Gasteiger partial charge in [0.2, 0.25) is 5.91 Å². The zero-order valence-corrected chi connectivity index (χ0v) is 16.4. The summed E-state index contributed by atoms with van der Waals surface area (Å²) in [5.41, 5.74) is 2.38. The van der Waals surface area contributed by atoms with Gasteiger partial charge in [-0.25, -0.2) is 13.2 Å². The van der Waals surface area contributed by atoms with Gasteiger partial charge in [0.15, 0.2) is 0 Å². The first-order chi connectivity index (χ1) is 12.5. The second kappa shape index (κ2) is 7.79. The quantitative estimate of drug-likeness (QED) is 0.789. The summed E-state index contributed by atoms with van der Waals surface area (Å²) in [7, 11) is -4.14. The highest BCUT2D eigenvalue weighted by Gasteiger charge is 2.33. The van der Waals surface area contributed by atoms with E-state index in [0.29, 0.717) is 5.69 Å². The topological polar surface area (TPSA) is 104 Å². The first-order valence-electron chi connectivity index (χ1n) is 8.25. The number of hydrogen-bond donors (Lipinski definition) is 2. The molecule has 0 saturated carbocycles. The van der Waals surface area contributed by atoms with Gasteiger partial charge in [0.25, 0.3) is 10.0 Å². The average Bonchev–Trinajstić information content (AvgIpc) is 2.53. The zero-order valence-electron chi connectivity index (χ0n) is 15.6. The third kappa shape index (κ3) is 4.65. The van der Waals surface area contributed by atoms with Gasteiger partial charge in [-0.15, -0.1) is 0 Å². The molecule has 0 bridgehead atoms. The summed E-state index contributed by atoms with van der Waals surface area (Å²) in [4.78, 5) is 22.6. The van der Waals surface area contributed by atoms with Gasteiger partial charge >= 0.3 is 5.97 Å². The number of sulfonamides is 1. The summed E-state index contributed by atoms with van der Waals surface area (Å²) in [5.74, 6) is -1.53. The van der Waals surface area contributed by atoms with Crippen LogP contribution in [0.2, 0.25) is 0 Å². The number of nitrogens with zero attached hydrogens (tertiary/aromatic N) is 1. The number of benzene rings is 2. The van der Waals surface area contributed by atoms with Crippen LogP contribution in [0.15, 0.2) is 47.4 Å². The molecule has 144 valence electrons. The van der Waals surface area contributed by atoms with Crippen LogP contribution in [0.3, 0.4) is 0 Å². The maximum Gasteiger partial charge on any atom is 0.327 e. The first-order valence-corrected chi connectivity index (χ1v) is 9.69. The van der Waals surface area contributed by atoms with E-state index in [1.54, 1.807) is 12.1 Å². The van der Waals surface area contributed by atoms with Crippen molar-refractivity contribution >= 4 is 33.3 Å². The van der Waals surface area contributed by atoms with Crippen LogP contribution < -0.4 is 9.62 Å². The van der Waals surface area contributed by atoms with Crippen LogP contribution in [0, 0.1) is 13.8 Å². The van der Waals surface area contributed by atoms with Crippen LogP contribution in [0.5, 0.6) is 0 Å². The highest BCUT2D eigenvalue weighted by molar-refractivity contribution is 7.92. The SMILES string of the molecule is CC(=O)Nc1ccc(S(=O)(=O)N(c2cc(C)cc(C)c2)C(C)C(=O)O)cc1. The van der Waals surface area contributed by atoms with Crippen LogP contribution in [0.4, 0.5) is 11.4 Å². The predicted octanol–water partition coefficient (Wildman–Crippen LogP) is 2.93. The molecule has 0 heterocycles. The van der Waals surface area contributed by atoms with E-state index >= 15 is 0 Å². The van der Waals surface area contributed by atoms with Gasteiger partial charge in [-0.3, -0.25) is 9.10 Å². The largest absolute Gasteiger partial charge is 0.480 e. The number of rotatable bonds is 6. The monoisotopic (exact) mass is 390 g/mol. The summed E-state index contributed by atoms with van der Waals surface area (Å²) in [6, 6.07) is 9.44. The van der Waals surface area contributed by atoms with E-state index in [1.165, 1.54) is 38.1 Å². The Hall–Kier alpha value is -2.87. The van der Waals surface area contributed by atoms with E-state index < -0.39 is 22.0 Å². The van der Waals surface area contributed by atoms with Crippen molar-refractivity contribution in [3.8, 4) is 0 Å².